The van der Waals surface area contributed by atoms with Crippen LogP contribution in [0, 0.1) is 12.9 Å². The van der Waals surface area contributed by atoms with Crippen molar-refractivity contribution >= 4 is 23.2 Å². The topological polar surface area (TPSA) is 133 Å². The van der Waals surface area contributed by atoms with Gasteiger partial charge in [0.25, 0.3) is 5.91 Å². The number of hydrogen-bond acceptors (Lipinski definition) is 7. The minimum absolute atomic E-state index is 0.0550. The summed E-state index contributed by atoms with van der Waals surface area (Å²) >= 11 is 5.92. The fraction of sp³-hybridized carbons (Fsp3) is 0.185. The van der Waals surface area contributed by atoms with Gasteiger partial charge in [0.2, 0.25) is 5.95 Å². The molecule has 0 spiro atoms. The number of pyridine rings is 1. The van der Waals surface area contributed by atoms with E-state index in [1.54, 1.807) is 18.2 Å². The SMILES string of the molecule is Cc1cc(NC(=O)c2ccccc2-n2cnc(Cn3nc(-c4ccc(Cl)cc4)n(CC(O)C(F)(F)F)c3=O)n2)cnc1F. The van der Waals surface area contributed by atoms with Gasteiger partial charge in [-0.15, -0.1) is 10.2 Å². The van der Waals surface area contributed by atoms with E-state index in [0.29, 0.717) is 20.8 Å². The number of hydrogen-bond donors (Lipinski definition) is 2. The Labute approximate surface area is 245 Å². The van der Waals surface area contributed by atoms with Gasteiger partial charge in [0.15, 0.2) is 17.8 Å². The molecule has 5 rings (SSSR count). The highest BCUT2D eigenvalue weighted by atomic mass is 35.5. The molecule has 1 unspecified atom stereocenters. The van der Waals surface area contributed by atoms with Crippen LogP contribution in [0.3, 0.4) is 0 Å². The lowest BCUT2D eigenvalue weighted by atomic mass is 10.1. The van der Waals surface area contributed by atoms with Crippen molar-refractivity contribution in [2.45, 2.75) is 32.3 Å². The third-order valence-corrected chi connectivity index (χ3v) is 6.51. The van der Waals surface area contributed by atoms with E-state index in [9.17, 15) is 32.3 Å². The van der Waals surface area contributed by atoms with Crippen LogP contribution in [-0.2, 0) is 13.1 Å². The second-order valence-corrected chi connectivity index (χ2v) is 9.78. The van der Waals surface area contributed by atoms with Crippen LogP contribution in [0.1, 0.15) is 21.7 Å². The van der Waals surface area contributed by atoms with Crippen LogP contribution in [0.5, 0.6) is 0 Å². The number of carbonyl (C=O) groups is 1. The number of carbonyl (C=O) groups excluding carboxylic acids is 1. The Hall–Kier alpha value is -4.89. The van der Waals surface area contributed by atoms with Gasteiger partial charge in [0.1, 0.15) is 12.9 Å². The third kappa shape index (κ3) is 6.47. The molecule has 0 radical (unpaired) electrons. The van der Waals surface area contributed by atoms with Gasteiger partial charge in [0.05, 0.1) is 29.7 Å². The average molecular weight is 617 g/mol. The first-order valence-electron chi connectivity index (χ1n) is 12.5. The monoisotopic (exact) mass is 616 g/mol. The van der Waals surface area contributed by atoms with Crippen molar-refractivity contribution in [3.63, 3.8) is 0 Å². The minimum atomic E-state index is -4.97. The van der Waals surface area contributed by atoms with E-state index in [1.807, 2.05) is 0 Å². The summed E-state index contributed by atoms with van der Waals surface area (Å²) in [5.41, 5.74) is 0.385. The Morgan fingerprint density at radius 3 is 2.51 bits per heavy atom. The molecule has 222 valence electrons. The van der Waals surface area contributed by atoms with Crippen molar-refractivity contribution < 1.29 is 27.5 Å². The molecule has 11 nitrogen and oxygen atoms in total. The number of benzene rings is 2. The molecule has 2 N–H and O–H groups in total. The Morgan fingerprint density at radius 2 is 1.81 bits per heavy atom. The molecule has 0 bridgehead atoms. The fourth-order valence-electron chi connectivity index (χ4n) is 4.11. The van der Waals surface area contributed by atoms with Crippen LogP contribution in [-0.4, -0.2) is 57.4 Å². The van der Waals surface area contributed by atoms with E-state index in [0.717, 1.165) is 4.68 Å². The van der Waals surface area contributed by atoms with Gasteiger partial charge in [-0.2, -0.15) is 17.6 Å². The van der Waals surface area contributed by atoms with E-state index in [4.69, 9.17) is 11.6 Å². The van der Waals surface area contributed by atoms with E-state index >= 15 is 0 Å². The van der Waals surface area contributed by atoms with Gasteiger partial charge in [-0.05, 0) is 49.4 Å². The molecule has 3 aromatic heterocycles. The van der Waals surface area contributed by atoms with Crippen molar-refractivity contribution in [2.24, 2.45) is 0 Å². The molecule has 0 aliphatic heterocycles. The van der Waals surface area contributed by atoms with Crippen LogP contribution in [0.4, 0.5) is 23.2 Å². The minimum Gasteiger partial charge on any atom is -0.382 e. The summed E-state index contributed by atoms with van der Waals surface area (Å²) in [5.74, 6) is -1.27. The normalized spacial score (nSPS) is 12.3. The summed E-state index contributed by atoms with van der Waals surface area (Å²) < 4.78 is 55.8. The predicted octanol–water partition coefficient (Wildman–Crippen LogP) is 4.01. The van der Waals surface area contributed by atoms with Crippen molar-refractivity contribution in [2.75, 3.05) is 5.32 Å². The number of nitrogens with one attached hydrogen (secondary N) is 1. The zero-order valence-electron chi connectivity index (χ0n) is 22.1. The zero-order valence-corrected chi connectivity index (χ0v) is 22.9. The Morgan fingerprint density at radius 1 is 1.09 bits per heavy atom. The molecule has 2 aromatic carbocycles. The summed E-state index contributed by atoms with van der Waals surface area (Å²) in [6.07, 6.45) is -5.31. The summed E-state index contributed by atoms with van der Waals surface area (Å²) in [6, 6.07) is 13.8. The molecule has 5 aromatic rings. The summed E-state index contributed by atoms with van der Waals surface area (Å²) in [5, 5.41) is 21.2. The standard InChI is InChI=1S/C27H21ClF4N8O3/c1-15-10-18(11-33-23(15)29)35-25(42)19-4-2-3-5-20(19)40-14-34-22(36-40)13-39-26(43)38(12-21(41)27(30,31)32)24(37-39)16-6-8-17(28)9-7-16/h2-11,14,21,41H,12-13H2,1H3,(H,35,42). The number of aliphatic hydroxyl groups excluding tert-OH is 1. The highest BCUT2D eigenvalue weighted by Gasteiger charge is 2.39. The lowest BCUT2D eigenvalue weighted by molar-refractivity contribution is -0.207. The van der Waals surface area contributed by atoms with Crippen molar-refractivity contribution in [3.8, 4) is 17.1 Å². The van der Waals surface area contributed by atoms with Crippen LogP contribution in [0.2, 0.25) is 5.02 Å². The number of aliphatic hydroxyl groups is 1. The number of halogens is 5. The van der Waals surface area contributed by atoms with Gasteiger partial charge >= 0.3 is 11.9 Å². The number of rotatable bonds is 8. The average Bonchev–Trinajstić information content (AvgIpc) is 3.55. The van der Waals surface area contributed by atoms with Crippen LogP contribution in [0.25, 0.3) is 17.1 Å². The highest BCUT2D eigenvalue weighted by molar-refractivity contribution is 6.30. The maximum atomic E-state index is 13.5. The van der Waals surface area contributed by atoms with Crippen molar-refractivity contribution in [3.05, 3.63) is 106 Å². The number of aryl methyl sites for hydroxylation is 1. The first kappa shape index (κ1) is 29.6. The molecule has 3 heterocycles. The van der Waals surface area contributed by atoms with Crippen molar-refractivity contribution in [1.82, 2.24) is 34.1 Å². The first-order chi connectivity index (χ1) is 20.4. The van der Waals surface area contributed by atoms with Crippen LogP contribution in [0.15, 0.2) is 71.9 Å². The first-order valence-corrected chi connectivity index (χ1v) is 12.9. The van der Waals surface area contributed by atoms with Crippen molar-refractivity contribution in [1.29, 1.82) is 0 Å². The fourth-order valence-corrected chi connectivity index (χ4v) is 4.23. The molecule has 0 saturated carbocycles. The number of amides is 1. The van der Waals surface area contributed by atoms with Crippen LogP contribution < -0.4 is 11.0 Å². The molecule has 16 heteroatoms. The second-order valence-electron chi connectivity index (χ2n) is 9.35. The number of aromatic nitrogens is 7. The summed E-state index contributed by atoms with van der Waals surface area (Å²) in [4.78, 5) is 34.0. The molecule has 1 amide bonds. The third-order valence-electron chi connectivity index (χ3n) is 6.26. The van der Waals surface area contributed by atoms with E-state index in [-0.39, 0.29) is 35.0 Å². The Kier molecular flexibility index (Phi) is 8.10. The van der Waals surface area contributed by atoms with E-state index < -0.39 is 36.4 Å². The number of nitrogens with zero attached hydrogens (tertiary/aromatic N) is 7. The quantitative estimate of drug-likeness (QED) is 0.199. The van der Waals surface area contributed by atoms with Crippen LogP contribution >= 0.6 is 11.6 Å². The summed E-state index contributed by atoms with van der Waals surface area (Å²) in [7, 11) is 0. The number of alkyl halides is 3. The van der Waals surface area contributed by atoms with Gasteiger partial charge in [0, 0.05) is 16.1 Å². The van der Waals surface area contributed by atoms with E-state index in [2.05, 4.69) is 25.5 Å². The van der Waals surface area contributed by atoms with Gasteiger partial charge in [-0.1, -0.05) is 23.7 Å². The molecule has 0 aliphatic rings. The molecule has 0 aliphatic carbocycles. The Balaban J connectivity index is 1.44. The number of anilines is 1. The lowest BCUT2D eigenvalue weighted by Crippen LogP contribution is -2.37. The summed E-state index contributed by atoms with van der Waals surface area (Å²) in [6.45, 7) is 0.0817. The molecule has 43 heavy (non-hydrogen) atoms. The largest absolute Gasteiger partial charge is 0.416 e. The van der Waals surface area contributed by atoms with Gasteiger partial charge in [-0.3, -0.25) is 9.36 Å². The lowest BCUT2D eigenvalue weighted by Gasteiger charge is -2.15. The molecule has 1 atom stereocenters. The van der Waals surface area contributed by atoms with Gasteiger partial charge < -0.3 is 10.4 Å². The smallest absolute Gasteiger partial charge is 0.382 e. The molecular weight excluding hydrogens is 596 g/mol. The zero-order chi connectivity index (χ0) is 30.9. The predicted molar refractivity (Wildman–Crippen MR) is 146 cm³/mol. The Bertz CT molecular complexity index is 1850. The number of para-hydroxylation sites is 1. The second kappa shape index (κ2) is 11.8. The highest BCUT2D eigenvalue weighted by Crippen LogP contribution is 2.24. The molecular formula is C27H21ClF4N8O3. The maximum Gasteiger partial charge on any atom is 0.416 e. The van der Waals surface area contributed by atoms with Gasteiger partial charge in [-0.25, -0.2) is 24.1 Å². The van der Waals surface area contributed by atoms with E-state index in [1.165, 1.54) is 60.5 Å². The molecule has 0 saturated heterocycles. The molecule has 0 fully saturated rings. The maximum absolute atomic E-state index is 13.5.